The number of piperidine rings is 1. The van der Waals surface area contributed by atoms with E-state index in [0.717, 1.165) is 12.0 Å². The zero-order chi connectivity index (χ0) is 19.8. The van der Waals surface area contributed by atoms with Gasteiger partial charge in [-0.15, -0.1) is 0 Å². The van der Waals surface area contributed by atoms with E-state index in [4.69, 9.17) is 14.2 Å². The highest BCUT2D eigenvalue weighted by molar-refractivity contribution is 5.77. The molecule has 1 atom stereocenters. The van der Waals surface area contributed by atoms with E-state index < -0.39 is 0 Å². The predicted octanol–water partition coefficient (Wildman–Crippen LogP) is 4.04. The van der Waals surface area contributed by atoms with E-state index in [9.17, 15) is 9.59 Å². The van der Waals surface area contributed by atoms with Gasteiger partial charge in [-0.05, 0) is 49.6 Å². The summed E-state index contributed by atoms with van der Waals surface area (Å²) in [6.07, 6.45) is 1.08. The van der Waals surface area contributed by atoms with Gasteiger partial charge < -0.3 is 19.1 Å². The molecule has 1 heterocycles. The molecule has 148 valence electrons. The Hall–Kier alpha value is -3.02. The summed E-state index contributed by atoms with van der Waals surface area (Å²) in [7, 11) is 0. The molecule has 2 aromatic rings. The average Bonchev–Trinajstić information content (AvgIpc) is 2.74. The van der Waals surface area contributed by atoms with E-state index >= 15 is 0 Å². The third kappa shape index (κ3) is 5.49. The van der Waals surface area contributed by atoms with Crippen LogP contribution < -0.4 is 9.47 Å². The Morgan fingerprint density at radius 2 is 1.75 bits per heavy atom. The van der Waals surface area contributed by atoms with Crippen LogP contribution in [0, 0.1) is 5.92 Å². The maximum Gasteiger partial charge on any atom is 0.409 e. The standard InChI is InChI=1S/C22H25NO5/c1-2-26-22(25)23-14-6-9-18(15-23)21(24)28-20-12-10-19(11-13-20)27-16-17-7-4-3-5-8-17/h3-5,7-8,10-13,18H,2,6,9,14-16H2,1H3. The zero-order valence-electron chi connectivity index (χ0n) is 16.0. The van der Waals surface area contributed by atoms with E-state index in [2.05, 4.69) is 0 Å². The van der Waals surface area contributed by atoms with Gasteiger partial charge in [0.2, 0.25) is 0 Å². The van der Waals surface area contributed by atoms with Crippen LogP contribution in [0.3, 0.4) is 0 Å². The lowest BCUT2D eigenvalue weighted by Gasteiger charge is -2.30. The SMILES string of the molecule is CCOC(=O)N1CCCC(C(=O)Oc2ccc(OCc3ccccc3)cc2)C1. The Morgan fingerprint density at radius 1 is 1.04 bits per heavy atom. The van der Waals surface area contributed by atoms with Crippen LogP contribution in [-0.4, -0.2) is 36.7 Å². The Morgan fingerprint density at radius 3 is 2.46 bits per heavy atom. The summed E-state index contributed by atoms with van der Waals surface area (Å²) in [5.74, 6) is 0.499. The van der Waals surface area contributed by atoms with Gasteiger partial charge in [0, 0.05) is 13.1 Å². The molecule has 0 bridgehead atoms. The minimum absolute atomic E-state index is 0.323. The van der Waals surface area contributed by atoms with Crippen LogP contribution in [-0.2, 0) is 16.1 Å². The Balaban J connectivity index is 1.50. The van der Waals surface area contributed by atoms with Crippen molar-refractivity contribution in [1.82, 2.24) is 4.90 Å². The second-order valence-corrected chi connectivity index (χ2v) is 6.65. The van der Waals surface area contributed by atoms with E-state index in [1.54, 1.807) is 36.1 Å². The molecule has 0 aromatic heterocycles. The fourth-order valence-corrected chi connectivity index (χ4v) is 3.09. The minimum Gasteiger partial charge on any atom is -0.489 e. The van der Waals surface area contributed by atoms with Gasteiger partial charge in [0.1, 0.15) is 18.1 Å². The first-order chi connectivity index (χ1) is 13.7. The number of carbonyl (C=O) groups is 2. The number of ether oxygens (including phenoxy) is 3. The maximum absolute atomic E-state index is 12.5. The van der Waals surface area contributed by atoms with Crippen molar-refractivity contribution < 1.29 is 23.8 Å². The number of hydrogen-bond donors (Lipinski definition) is 0. The molecule has 0 N–H and O–H groups in total. The largest absolute Gasteiger partial charge is 0.489 e. The molecule has 1 aliphatic heterocycles. The molecule has 28 heavy (non-hydrogen) atoms. The van der Waals surface area contributed by atoms with Gasteiger partial charge in [0.05, 0.1) is 12.5 Å². The first-order valence-corrected chi connectivity index (χ1v) is 9.56. The van der Waals surface area contributed by atoms with Crippen molar-refractivity contribution in [2.24, 2.45) is 5.92 Å². The quantitative estimate of drug-likeness (QED) is 0.556. The molecule has 1 fully saturated rings. The van der Waals surface area contributed by atoms with Crippen LogP contribution in [0.4, 0.5) is 4.79 Å². The number of rotatable bonds is 6. The highest BCUT2D eigenvalue weighted by Gasteiger charge is 2.30. The lowest BCUT2D eigenvalue weighted by Crippen LogP contribution is -2.43. The van der Waals surface area contributed by atoms with Gasteiger partial charge in [-0.1, -0.05) is 30.3 Å². The topological polar surface area (TPSA) is 65.1 Å². The second-order valence-electron chi connectivity index (χ2n) is 6.65. The van der Waals surface area contributed by atoms with Crippen molar-refractivity contribution in [2.75, 3.05) is 19.7 Å². The Labute approximate surface area is 165 Å². The van der Waals surface area contributed by atoms with Gasteiger partial charge in [0.25, 0.3) is 0 Å². The normalized spacial score (nSPS) is 16.3. The third-order valence-corrected chi connectivity index (χ3v) is 4.57. The summed E-state index contributed by atoms with van der Waals surface area (Å²) < 4.78 is 16.2. The number of benzene rings is 2. The van der Waals surface area contributed by atoms with Crippen LogP contribution in [0.1, 0.15) is 25.3 Å². The zero-order valence-corrected chi connectivity index (χ0v) is 16.0. The number of likely N-dealkylation sites (tertiary alicyclic amines) is 1. The number of nitrogens with zero attached hydrogens (tertiary/aromatic N) is 1. The van der Waals surface area contributed by atoms with Gasteiger partial charge in [-0.3, -0.25) is 4.79 Å². The van der Waals surface area contributed by atoms with Crippen LogP contribution in [0.5, 0.6) is 11.5 Å². The van der Waals surface area contributed by atoms with Gasteiger partial charge in [-0.2, -0.15) is 0 Å². The molecule has 0 saturated carbocycles. The average molecular weight is 383 g/mol. The lowest BCUT2D eigenvalue weighted by molar-refractivity contribution is -0.140. The predicted molar refractivity (Wildman–Crippen MR) is 104 cm³/mol. The monoisotopic (exact) mass is 383 g/mol. The van der Waals surface area contributed by atoms with Crippen LogP contribution in [0.2, 0.25) is 0 Å². The summed E-state index contributed by atoms with van der Waals surface area (Å²) in [4.78, 5) is 25.9. The molecule has 3 rings (SSSR count). The summed E-state index contributed by atoms with van der Waals surface area (Å²) in [6.45, 7) is 3.50. The van der Waals surface area contributed by atoms with E-state index in [-0.39, 0.29) is 18.0 Å². The van der Waals surface area contributed by atoms with Gasteiger partial charge >= 0.3 is 12.1 Å². The number of esters is 1. The van der Waals surface area contributed by atoms with Crippen LogP contribution in [0.25, 0.3) is 0 Å². The van der Waals surface area contributed by atoms with Gasteiger partial charge in [-0.25, -0.2) is 4.79 Å². The molecule has 6 heteroatoms. The first-order valence-electron chi connectivity index (χ1n) is 9.56. The molecular formula is C22H25NO5. The highest BCUT2D eigenvalue weighted by atomic mass is 16.6. The molecule has 1 aliphatic rings. The molecular weight excluding hydrogens is 358 g/mol. The summed E-state index contributed by atoms with van der Waals surface area (Å²) >= 11 is 0. The summed E-state index contributed by atoms with van der Waals surface area (Å²) in [5, 5.41) is 0. The van der Waals surface area contributed by atoms with E-state index in [1.807, 2.05) is 30.3 Å². The third-order valence-electron chi connectivity index (χ3n) is 4.57. The minimum atomic E-state index is -0.375. The lowest BCUT2D eigenvalue weighted by atomic mass is 9.98. The molecule has 0 spiro atoms. The first kappa shape index (κ1) is 19.7. The summed E-state index contributed by atoms with van der Waals surface area (Å²) in [5.41, 5.74) is 1.08. The number of carbonyl (C=O) groups excluding carboxylic acids is 2. The highest BCUT2D eigenvalue weighted by Crippen LogP contribution is 2.23. The molecule has 1 unspecified atom stereocenters. The van der Waals surface area contributed by atoms with Crippen molar-refractivity contribution in [1.29, 1.82) is 0 Å². The van der Waals surface area contributed by atoms with E-state index in [1.165, 1.54) is 0 Å². The van der Waals surface area contributed by atoms with Crippen LogP contribution in [0.15, 0.2) is 54.6 Å². The summed E-state index contributed by atoms with van der Waals surface area (Å²) in [6, 6.07) is 16.9. The molecule has 1 saturated heterocycles. The molecule has 2 aromatic carbocycles. The maximum atomic E-state index is 12.5. The molecule has 0 radical (unpaired) electrons. The molecule has 1 amide bonds. The van der Waals surface area contributed by atoms with E-state index in [0.29, 0.717) is 44.2 Å². The van der Waals surface area contributed by atoms with Gasteiger partial charge in [0.15, 0.2) is 0 Å². The number of amides is 1. The van der Waals surface area contributed by atoms with Crippen molar-refractivity contribution in [2.45, 2.75) is 26.4 Å². The number of hydrogen-bond acceptors (Lipinski definition) is 5. The van der Waals surface area contributed by atoms with Crippen molar-refractivity contribution in [3.05, 3.63) is 60.2 Å². The van der Waals surface area contributed by atoms with Crippen LogP contribution >= 0.6 is 0 Å². The fraction of sp³-hybridized carbons (Fsp3) is 0.364. The fourth-order valence-electron chi connectivity index (χ4n) is 3.09. The molecule has 0 aliphatic carbocycles. The van der Waals surface area contributed by atoms with Crippen molar-refractivity contribution in [3.8, 4) is 11.5 Å². The smallest absolute Gasteiger partial charge is 0.409 e. The van der Waals surface area contributed by atoms with Crippen molar-refractivity contribution >= 4 is 12.1 Å². The Bertz CT molecular complexity index is 775. The Kier molecular flexibility index (Phi) is 6.89. The molecule has 6 nitrogen and oxygen atoms in total. The second kappa shape index (κ2) is 9.78. The van der Waals surface area contributed by atoms with Crippen molar-refractivity contribution in [3.63, 3.8) is 0 Å².